The number of amides is 2. The van der Waals surface area contributed by atoms with Crippen molar-refractivity contribution < 1.29 is 22.4 Å². The van der Waals surface area contributed by atoms with E-state index >= 15 is 0 Å². The summed E-state index contributed by atoms with van der Waals surface area (Å²) in [6, 6.07) is 9.62. The number of rotatable bonds is 5. The van der Waals surface area contributed by atoms with E-state index in [0.29, 0.717) is 25.1 Å². The second-order valence-electron chi connectivity index (χ2n) is 7.17. The number of hydrogen-bond donors (Lipinski definition) is 0. The van der Waals surface area contributed by atoms with Crippen LogP contribution in [0.25, 0.3) is 0 Å². The number of hydrogen-bond acceptors (Lipinski definition) is 5. The lowest BCUT2D eigenvalue weighted by Gasteiger charge is -2.32. The fourth-order valence-corrected chi connectivity index (χ4v) is 4.80. The lowest BCUT2D eigenvalue weighted by molar-refractivity contribution is -0.134. The predicted octanol–water partition coefficient (Wildman–Crippen LogP) is 2.19. The minimum Gasteiger partial charge on any atom is -0.459 e. The van der Waals surface area contributed by atoms with Gasteiger partial charge >= 0.3 is 0 Å². The highest BCUT2D eigenvalue weighted by Gasteiger charge is 2.32. The Morgan fingerprint density at radius 3 is 2.57 bits per heavy atom. The quantitative estimate of drug-likeness (QED) is 0.762. The topological polar surface area (TPSA) is 87.9 Å². The Kier molecular flexibility index (Phi) is 5.88. The predicted molar refractivity (Wildman–Crippen MR) is 103 cm³/mol. The summed E-state index contributed by atoms with van der Waals surface area (Å²) in [4.78, 5) is 28.5. The first-order chi connectivity index (χ1) is 13.3. The first-order valence-electron chi connectivity index (χ1n) is 9.14. The average Bonchev–Trinajstić information content (AvgIpc) is 3.14. The monoisotopic (exact) mass is 404 g/mol. The molecule has 8 heteroatoms. The molecule has 28 heavy (non-hydrogen) atoms. The summed E-state index contributed by atoms with van der Waals surface area (Å²) in [5.74, 6) is -0.928. The van der Waals surface area contributed by atoms with Crippen molar-refractivity contribution in [2.24, 2.45) is 5.92 Å². The van der Waals surface area contributed by atoms with Crippen LogP contribution in [0.15, 0.2) is 52.0 Å². The molecule has 1 atom stereocenters. The highest BCUT2D eigenvalue weighted by Crippen LogP contribution is 2.24. The molecule has 0 aliphatic carbocycles. The molecule has 0 saturated carbocycles. The second kappa shape index (κ2) is 8.18. The van der Waals surface area contributed by atoms with Crippen LogP contribution in [-0.2, 0) is 20.4 Å². The van der Waals surface area contributed by atoms with Crippen molar-refractivity contribution in [2.45, 2.75) is 23.5 Å². The van der Waals surface area contributed by atoms with Gasteiger partial charge in [-0.1, -0.05) is 18.2 Å². The molecule has 0 N–H and O–H groups in total. The van der Waals surface area contributed by atoms with Gasteiger partial charge in [-0.3, -0.25) is 9.59 Å². The molecule has 0 radical (unpaired) electrons. The van der Waals surface area contributed by atoms with Crippen LogP contribution in [0.1, 0.15) is 29.0 Å². The van der Waals surface area contributed by atoms with E-state index in [2.05, 4.69) is 0 Å². The van der Waals surface area contributed by atoms with Crippen molar-refractivity contribution in [3.05, 3.63) is 54.0 Å². The molecule has 1 aromatic heterocycles. The number of likely N-dealkylation sites (tertiary alicyclic amines) is 1. The largest absolute Gasteiger partial charge is 0.459 e. The number of furan rings is 1. The van der Waals surface area contributed by atoms with Crippen LogP contribution in [0.2, 0.25) is 0 Å². The Morgan fingerprint density at radius 2 is 1.89 bits per heavy atom. The van der Waals surface area contributed by atoms with Crippen molar-refractivity contribution in [1.29, 1.82) is 0 Å². The van der Waals surface area contributed by atoms with Crippen LogP contribution in [-0.4, -0.2) is 57.2 Å². The van der Waals surface area contributed by atoms with E-state index in [4.69, 9.17) is 4.42 Å². The van der Waals surface area contributed by atoms with Gasteiger partial charge in [-0.25, -0.2) is 8.42 Å². The minimum absolute atomic E-state index is 0.0103. The molecular weight excluding hydrogens is 380 g/mol. The summed E-state index contributed by atoms with van der Waals surface area (Å²) in [6.07, 6.45) is 2.78. The zero-order valence-corrected chi connectivity index (χ0v) is 16.8. The smallest absolute Gasteiger partial charge is 0.289 e. The number of nitrogens with zero attached hydrogens (tertiary/aromatic N) is 2. The molecule has 1 aliphatic rings. The maximum atomic E-state index is 13.0. The zero-order chi connectivity index (χ0) is 20.3. The van der Waals surface area contributed by atoms with Crippen molar-refractivity contribution in [3.8, 4) is 0 Å². The average molecular weight is 404 g/mol. The SMILES string of the molecule is CN(C)C(=O)C1CCCN(C(=O)c2occc2CS(=O)(=O)c2ccccc2)C1. The minimum atomic E-state index is -3.60. The standard InChI is InChI=1S/C20H24N2O5S/c1-21(2)19(23)15-7-6-11-22(13-15)20(24)18-16(10-12-27-18)14-28(25,26)17-8-4-3-5-9-17/h3-5,8-10,12,15H,6-7,11,13-14H2,1-2H3. The Balaban J connectivity index is 1.78. The summed E-state index contributed by atoms with van der Waals surface area (Å²) in [7, 11) is -0.204. The number of benzene rings is 1. The molecule has 0 spiro atoms. The van der Waals surface area contributed by atoms with Gasteiger partial charge in [0, 0.05) is 32.7 Å². The van der Waals surface area contributed by atoms with Gasteiger partial charge in [-0.15, -0.1) is 0 Å². The van der Waals surface area contributed by atoms with E-state index in [1.54, 1.807) is 37.2 Å². The van der Waals surface area contributed by atoms with Crippen LogP contribution in [0.3, 0.4) is 0 Å². The maximum Gasteiger partial charge on any atom is 0.289 e. The fraction of sp³-hybridized carbons (Fsp3) is 0.400. The van der Waals surface area contributed by atoms with Crippen LogP contribution < -0.4 is 0 Å². The van der Waals surface area contributed by atoms with E-state index < -0.39 is 9.84 Å². The third-order valence-corrected chi connectivity index (χ3v) is 6.57. The van der Waals surface area contributed by atoms with Crippen LogP contribution in [0.5, 0.6) is 0 Å². The maximum absolute atomic E-state index is 13.0. The molecule has 1 aromatic carbocycles. The molecule has 1 unspecified atom stereocenters. The first-order valence-corrected chi connectivity index (χ1v) is 10.8. The lowest BCUT2D eigenvalue weighted by atomic mass is 9.96. The van der Waals surface area contributed by atoms with E-state index in [9.17, 15) is 18.0 Å². The molecule has 2 heterocycles. The van der Waals surface area contributed by atoms with Gasteiger partial charge in [0.15, 0.2) is 15.6 Å². The summed E-state index contributed by atoms with van der Waals surface area (Å²) >= 11 is 0. The van der Waals surface area contributed by atoms with Gasteiger partial charge in [0.05, 0.1) is 22.8 Å². The molecule has 2 amide bonds. The molecular formula is C20H24N2O5S. The molecule has 3 rings (SSSR count). The fourth-order valence-electron chi connectivity index (χ4n) is 3.42. The summed E-state index contributed by atoms with van der Waals surface area (Å²) in [6.45, 7) is 0.822. The zero-order valence-electron chi connectivity index (χ0n) is 16.0. The lowest BCUT2D eigenvalue weighted by Crippen LogP contribution is -2.45. The molecule has 7 nitrogen and oxygen atoms in total. The van der Waals surface area contributed by atoms with Gasteiger partial charge in [0.2, 0.25) is 5.91 Å². The van der Waals surface area contributed by atoms with Crippen LogP contribution >= 0.6 is 0 Å². The molecule has 150 valence electrons. The van der Waals surface area contributed by atoms with Gasteiger partial charge in [-0.05, 0) is 31.0 Å². The Hall–Kier alpha value is -2.61. The van der Waals surface area contributed by atoms with E-state index in [1.165, 1.54) is 29.4 Å². The number of piperidine rings is 1. The van der Waals surface area contributed by atoms with Crippen LogP contribution in [0.4, 0.5) is 0 Å². The normalized spacial score (nSPS) is 17.4. The number of carbonyl (C=O) groups excluding carboxylic acids is 2. The highest BCUT2D eigenvalue weighted by molar-refractivity contribution is 7.90. The number of carbonyl (C=O) groups is 2. The van der Waals surface area contributed by atoms with Crippen molar-refractivity contribution >= 4 is 21.7 Å². The van der Waals surface area contributed by atoms with Crippen molar-refractivity contribution in [3.63, 3.8) is 0 Å². The van der Waals surface area contributed by atoms with E-state index in [0.717, 1.165) is 6.42 Å². The molecule has 2 aromatic rings. The third kappa shape index (κ3) is 4.27. The number of sulfone groups is 1. The Morgan fingerprint density at radius 1 is 1.18 bits per heavy atom. The van der Waals surface area contributed by atoms with Gasteiger partial charge in [0.25, 0.3) is 5.91 Å². The Bertz CT molecular complexity index is 950. The van der Waals surface area contributed by atoms with Crippen LogP contribution in [0, 0.1) is 5.92 Å². The van der Waals surface area contributed by atoms with Crippen molar-refractivity contribution in [2.75, 3.05) is 27.2 Å². The van der Waals surface area contributed by atoms with Gasteiger partial charge in [-0.2, -0.15) is 0 Å². The molecule has 1 saturated heterocycles. The summed E-state index contributed by atoms with van der Waals surface area (Å²) in [5, 5.41) is 0. The summed E-state index contributed by atoms with van der Waals surface area (Å²) < 4.78 is 30.7. The van der Waals surface area contributed by atoms with Gasteiger partial charge < -0.3 is 14.2 Å². The molecule has 0 bridgehead atoms. The van der Waals surface area contributed by atoms with Gasteiger partial charge in [0.1, 0.15) is 0 Å². The Labute approximate surface area is 164 Å². The van der Waals surface area contributed by atoms with E-state index in [-0.39, 0.29) is 34.1 Å². The summed E-state index contributed by atoms with van der Waals surface area (Å²) in [5.41, 5.74) is 0.329. The molecule has 1 fully saturated rings. The molecule has 1 aliphatic heterocycles. The first kappa shape index (κ1) is 20.1. The second-order valence-corrected chi connectivity index (χ2v) is 9.16. The van der Waals surface area contributed by atoms with E-state index in [1.807, 2.05) is 0 Å². The third-order valence-electron chi connectivity index (χ3n) is 4.89. The van der Waals surface area contributed by atoms with Crippen molar-refractivity contribution in [1.82, 2.24) is 9.80 Å². The highest BCUT2D eigenvalue weighted by atomic mass is 32.2.